The average molecular weight is 383 g/mol. The maximum absolute atomic E-state index is 12.2. The second-order valence-corrected chi connectivity index (χ2v) is 7.01. The fourth-order valence-electron chi connectivity index (χ4n) is 2.61. The standard InChI is InChI=1S/C22H29N3O3/c1-4-5-6-17-7-9-18(10-8-17)20-12-11-19(13-23-20)22(28)24-14-21(27)25-15(2)16(3)26/h7-13,15-16,26H,4-6,14H2,1-3H3,(H,24,28)(H,25,27). The lowest BCUT2D eigenvalue weighted by atomic mass is 10.0. The van der Waals surface area contributed by atoms with Crippen LogP contribution in [0.1, 0.15) is 49.5 Å². The summed E-state index contributed by atoms with van der Waals surface area (Å²) in [5.74, 6) is -0.719. The maximum Gasteiger partial charge on any atom is 0.253 e. The van der Waals surface area contributed by atoms with Gasteiger partial charge in [-0.1, -0.05) is 37.6 Å². The minimum absolute atomic E-state index is 0.156. The predicted molar refractivity (Wildman–Crippen MR) is 110 cm³/mol. The molecular formula is C22H29N3O3. The fourth-order valence-corrected chi connectivity index (χ4v) is 2.61. The number of aliphatic hydroxyl groups is 1. The molecule has 2 unspecified atom stereocenters. The van der Waals surface area contributed by atoms with Gasteiger partial charge in [0.25, 0.3) is 5.91 Å². The maximum atomic E-state index is 12.2. The molecule has 3 N–H and O–H groups in total. The molecule has 2 aromatic rings. The van der Waals surface area contributed by atoms with E-state index in [0.29, 0.717) is 5.56 Å². The number of rotatable bonds is 9. The number of hydrogen-bond donors (Lipinski definition) is 3. The summed E-state index contributed by atoms with van der Waals surface area (Å²) < 4.78 is 0. The van der Waals surface area contributed by atoms with Crippen molar-refractivity contribution in [2.24, 2.45) is 0 Å². The first-order valence-electron chi connectivity index (χ1n) is 9.71. The van der Waals surface area contributed by atoms with Crippen LogP contribution < -0.4 is 10.6 Å². The molecule has 6 heteroatoms. The number of aromatic nitrogens is 1. The number of hydrogen-bond acceptors (Lipinski definition) is 4. The van der Waals surface area contributed by atoms with E-state index in [0.717, 1.165) is 17.7 Å². The number of unbranched alkanes of at least 4 members (excludes halogenated alkanes) is 1. The molecule has 2 atom stereocenters. The molecule has 0 saturated carbocycles. The number of carbonyl (C=O) groups excluding carboxylic acids is 2. The van der Waals surface area contributed by atoms with Crippen LogP contribution in [-0.2, 0) is 11.2 Å². The number of benzene rings is 1. The molecule has 0 bridgehead atoms. The molecule has 28 heavy (non-hydrogen) atoms. The summed E-state index contributed by atoms with van der Waals surface area (Å²) in [7, 11) is 0. The van der Waals surface area contributed by atoms with Crippen molar-refractivity contribution in [3.63, 3.8) is 0 Å². The van der Waals surface area contributed by atoms with Crippen molar-refractivity contribution in [1.82, 2.24) is 15.6 Å². The van der Waals surface area contributed by atoms with E-state index in [1.165, 1.54) is 24.6 Å². The molecule has 2 amide bonds. The Morgan fingerprint density at radius 1 is 1.11 bits per heavy atom. The zero-order valence-electron chi connectivity index (χ0n) is 16.7. The number of amides is 2. The van der Waals surface area contributed by atoms with E-state index in [1.807, 2.05) is 12.1 Å². The molecule has 6 nitrogen and oxygen atoms in total. The van der Waals surface area contributed by atoms with Gasteiger partial charge in [-0.15, -0.1) is 0 Å². The molecule has 2 rings (SSSR count). The molecule has 1 aromatic heterocycles. The van der Waals surface area contributed by atoms with E-state index >= 15 is 0 Å². The SMILES string of the molecule is CCCCc1ccc(-c2ccc(C(=O)NCC(=O)NC(C)C(C)O)cn2)cc1. The highest BCUT2D eigenvalue weighted by molar-refractivity contribution is 5.96. The van der Waals surface area contributed by atoms with Gasteiger partial charge >= 0.3 is 0 Å². The summed E-state index contributed by atoms with van der Waals surface area (Å²) in [5, 5.41) is 14.6. The average Bonchev–Trinajstić information content (AvgIpc) is 2.71. The van der Waals surface area contributed by atoms with Crippen LogP contribution in [0.25, 0.3) is 11.3 Å². The van der Waals surface area contributed by atoms with Crippen LogP contribution >= 0.6 is 0 Å². The first-order chi connectivity index (χ1) is 13.4. The monoisotopic (exact) mass is 383 g/mol. The molecule has 0 radical (unpaired) electrons. The van der Waals surface area contributed by atoms with Gasteiger partial charge in [0, 0.05) is 11.8 Å². The Morgan fingerprint density at radius 3 is 2.39 bits per heavy atom. The number of nitrogens with zero attached hydrogens (tertiary/aromatic N) is 1. The van der Waals surface area contributed by atoms with E-state index in [1.54, 1.807) is 26.0 Å². The van der Waals surface area contributed by atoms with Crippen LogP contribution in [0.3, 0.4) is 0 Å². The Balaban J connectivity index is 1.91. The van der Waals surface area contributed by atoms with Gasteiger partial charge in [0.2, 0.25) is 5.91 Å². The fraction of sp³-hybridized carbons (Fsp3) is 0.409. The Hall–Kier alpha value is -2.73. The molecule has 1 aromatic carbocycles. The summed E-state index contributed by atoms with van der Waals surface area (Å²) in [6.45, 7) is 5.31. The van der Waals surface area contributed by atoms with Crippen molar-refractivity contribution >= 4 is 11.8 Å². The van der Waals surface area contributed by atoms with Gasteiger partial charge < -0.3 is 15.7 Å². The normalized spacial score (nSPS) is 12.9. The van der Waals surface area contributed by atoms with Crippen molar-refractivity contribution in [2.45, 2.75) is 52.2 Å². The third-order valence-electron chi connectivity index (χ3n) is 4.62. The van der Waals surface area contributed by atoms with Gasteiger partial charge in [-0.25, -0.2) is 0 Å². The third-order valence-corrected chi connectivity index (χ3v) is 4.62. The zero-order valence-corrected chi connectivity index (χ0v) is 16.7. The second-order valence-electron chi connectivity index (χ2n) is 7.01. The molecule has 0 spiro atoms. The summed E-state index contributed by atoms with van der Waals surface area (Å²) in [5.41, 5.74) is 3.49. The van der Waals surface area contributed by atoms with Gasteiger partial charge in [0.05, 0.1) is 29.9 Å². The first-order valence-corrected chi connectivity index (χ1v) is 9.71. The van der Waals surface area contributed by atoms with Crippen LogP contribution in [0.5, 0.6) is 0 Å². The van der Waals surface area contributed by atoms with Crippen molar-refractivity contribution < 1.29 is 14.7 Å². The van der Waals surface area contributed by atoms with Crippen LogP contribution in [0.15, 0.2) is 42.6 Å². The van der Waals surface area contributed by atoms with E-state index < -0.39 is 6.10 Å². The highest BCUT2D eigenvalue weighted by Crippen LogP contribution is 2.18. The molecule has 0 aliphatic carbocycles. The van der Waals surface area contributed by atoms with Crippen LogP contribution in [0, 0.1) is 0 Å². The lowest BCUT2D eigenvalue weighted by Crippen LogP contribution is -2.44. The van der Waals surface area contributed by atoms with Gasteiger partial charge in [-0.3, -0.25) is 14.6 Å². The smallest absolute Gasteiger partial charge is 0.253 e. The Labute approximate surface area is 166 Å². The highest BCUT2D eigenvalue weighted by Gasteiger charge is 2.13. The van der Waals surface area contributed by atoms with Gasteiger partial charge in [-0.05, 0) is 44.4 Å². The van der Waals surface area contributed by atoms with Crippen LogP contribution in [0.2, 0.25) is 0 Å². The third kappa shape index (κ3) is 6.46. The molecule has 0 saturated heterocycles. The zero-order chi connectivity index (χ0) is 20.5. The summed E-state index contributed by atoms with van der Waals surface area (Å²) in [6.07, 6.45) is 4.28. The van der Waals surface area contributed by atoms with Gasteiger partial charge in [0.15, 0.2) is 0 Å². The quantitative estimate of drug-likeness (QED) is 0.621. The van der Waals surface area contributed by atoms with E-state index in [2.05, 4.69) is 34.7 Å². The molecule has 1 heterocycles. The van der Waals surface area contributed by atoms with Crippen molar-refractivity contribution in [3.05, 3.63) is 53.7 Å². The number of aryl methyl sites for hydroxylation is 1. The van der Waals surface area contributed by atoms with E-state index in [-0.39, 0.29) is 24.4 Å². The molecule has 0 aliphatic heterocycles. The van der Waals surface area contributed by atoms with Crippen molar-refractivity contribution in [1.29, 1.82) is 0 Å². The van der Waals surface area contributed by atoms with Gasteiger partial charge in [-0.2, -0.15) is 0 Å². The lowest BCUT2D eigenvalue weighted by molar-refractivity contribution is -0.121. The van der Waals surface area contributed by atoms with E-state index in [9.17, 15) is 14.7 Å². The predicted octanol–water partition coefficient (Wildman–Crippen LogP) is 2.71. The van der Waals surface area contributed by atoms with Gasteiger partial charge in [0.1, 0.15) is 0 Å². The lowest BCUT2D eigenvalue weighted by Gasteiger charge is -2.16. The number of aliphatic hydroxyl groups excluding tert-OH is 1. The van der Waals surface area contributed by atoms with Crippen molar-refractivity contribution in [3.8, 4) is 11.3 Å². The minimum atomic E-state index is -0.655. The molecular weight excluding hydrogens is 354 g/mol. The largest absolute Gasteiger partial charge is 0.391 e. The van der Waals surface area contributed by atoms with Crippen molar-refractivity contribution in [2.75, 3.05) is 6.54 Å². The summed E-state index contributed by atoms with van der Waals surface area (Å²) in [4.78, 5) is 28.3. The molecule has 150 valence electrons. The Bertz CT molecular complexity index is 771. The van der Waals surface area contributed by atoms with Crippen LogP contribution in [-0.4, -0.2) is 40.6 Å². The first kappa shape index (κ1) is 21.6. The molecule has 0 aliphatic rings. The second kappa shape index (κ2) is 10.6. The topological polar surface area (TPSA) is 91.3 Å². The molecule has 0 fully saturated rings. The number of carbonyl (C=O) groups is 2. The number of nitrogens with one attached hydrogen (secondary N) is 2. The Kier molecular flexibility index (Phi) is 8.14. The van der Waals surface area contributed by atoms with E-state index in [4.69, 9.17) is 0 Å². The Morgan fingerprint density at radius 2 is 1.82 bits per heavy atom. The summed E-state index contributed by atoms with van der Waals surface area (Å²) in [6, 6.07) is 11.4. The summed E-state index contributed by atoms with van der Waals surface area (Å²) >= 11 is 0. The highest BCUT2D eigenvalue weighted by atomic mass is 16.3. The number of pyridine rings is 1. The minimum Gasteiger partial charge on any atom is -0.391 e. The van der Waals surface area contributed by atoms with Crippen LogP contribution in [0.4, 0.5) is 0 Å².